The molecule has 0 spiro atoms. The van der Waals surface area contributed by atoms with E-state index in [0.717, 1.165) is 28.0 Å². The minimum Gasteiger partial charge on any atom is -0.491 e. The molecule has 1 N–H and O–H groups in total. The monoisotopic (exact) mass is 508 g/mol. The van der Waals surface area contributed by atoms with Gasteiger partial charge in [0.2, 0.25) is 0 Å². The Morgan fingerprint density at radius 2 is 1.81 bits per heavy atom. The molecule has 3 aromatic carbocycles. The maximum absolute atomic E-state index is 8.95. The molecule has 0 saturated carbocycles. The quantitative estimate of drug-likeness (QED) is 0.391. The van der Waals surface area contributed by atoms with Crippen LogP contribution in [0.3, 0.4) is 0 Å². The molecule has 0 amide bonds. The van der Waals surface area contributed by atoms with Crippen molar-refractivity contribution in [3.63, 3.8) is 0 Å². The van der Waals surface area contributed by atoms with Gasteiger partial charge >= 0.3 is 0 Å². The van der Waals surface area contributed by atoms with Gasteiger partial charge in [-0.15, -0.1) is 0 Å². The molecule has 0 radical (unpaired) electrons. The molecule has 0 aliphatic carbocycles. The third-order valence-corrected chi connectivity index (χ3v) is 7.82. The second-order valence-electron chi connectivity index (χ2n) is 9.98. The molecular weight excluding hydrogens is 476 g/mol. The largest absolute Gasteiger partial charge is 0.491 e. The summed E-state index contributed by atoms with van der Waals surface area (Å²) < 4.78 is 25.0. The van der Waals surface area contributed by atoms with Crippen LogP contribution in [0.4, 0.5) is 0 Å². The van der Waals surface area contributed by atoms with Crippen molar-refractivity contribution < 1.29 is 24.1 Å². The fourth-order valence-corrected chi connectivity index (χ4v) is 5.31. The Kier molecular flexibility index (Phi) is 7.38. The molecule has 1 unspecified atom stereocenters. The molecule has 2 heterocycles. The Hall–Kier alpha value is -2.41. The highest BCUT2D eigenvalue weighted by Gasteiger charge is 2.59. The average molecular weight is 509 g/mol. The van der Waals surface area contributed by atoms with Crippen LogP contribution in [-0.4, -0.2) is 36.6 Å². The lowest BCUT2D eigenvalue weighted by Gasteiger charge is -2.45. The van der Waals surface area contributed by atoms with Crippen LogP contribution in [-0.2, 0) is 33.0 Å². The van der Waals surface area contributed by atoms with E-state index in [0.29, 0.717) is 31.1 Å². The summed E-state index contributed by atoms with van der Waals surface area (Å²) in [6.07, 6.45) is 1.29. The summed E-state index contributed by atoms with van der Waals surface area (Å²) in [5.41, 5.74) is 3.82. The Morgan fingerprint density at radius 3 is 2.56 bits per heavy atom. The highest BCUT2D eigenvalue weighted by atomic mass is 35.5. The van der Waals surface area contributed by atoms with Gasteiger partial charge in [-0.3, -0.25) is 0 Å². The number of fused-ring (bicyclic) bond motifs is 2. The Morgan fingerprint density at radius 1 is 1.03 bits per heavy atom. The first kappa shape index (κ1) is 25.2. The second kappa shape index (κ2) is 10.5. The van der Waals surface area contributed by atoms with E-state index in [2.05, 4.69) is 32.0 Å². The molecule has 2 aliphatic rings. The summed E-state index contributed by atoms with van der Waals surface area (Å²) in [7, 11) is 0. The first-order valence-corrected chi connectivity index (χ1v) is 12.9. The van der Waals surface area contributed by atoms with Crippen molar-refractivity contribution in [2.45, 2.75) is 50.8 Å². The van der Waals surface area contributed by atoms with Crippen molar-refractivity contribution in [3.05, 3.63) is 100 Å². The van der Waals surface area contributed by atoms with Crippen molar-refractivity contribution in [1.29, 1.82) is 0 Å². The maximum atomic E-state index is 8.95. The van der Waals surface area contributed by atoms with Crippen LogP contribution in [0, 0.1) is 5.92 Å². The van der Waals surface area contributed by atoms with Crippen molar-refractivity contribution >= 4 is 11.6 Å². The lowest BCUT2D eigenvalue weighted by atomic mass is 9.80. The SMILES string of the molecule is C[C@H]1C(OCc2ccccc2)C[C@@]2(c3ccc(Cl)c(Cc4ccc(OCCO)cc4)c3)OC[C@]1(C)O2. The van der Waals surface area contributed by atoms with Gasteiger partial charge in [0.15, 0.2) is 5.79 Å². The predicted molar refractivity (Wildman–Crippen MR) is 139 cm³/mol. The summed E-state index contributed by atoms with van der Waals surface area (Å²) in [4.78, 5) is 0. The van der Waals surface area contributed by atoms with E-state index in [-0.39, 0.29) is 25.2 Å². The van der Waals surface area contributed by atoms with Gasteiger partial charge in [0.25, 0.3) is 0 Å². The summed E-state index contributed by atoms with van der Waals surface area (Å²) in [5.74, 6) is 0.0656. The number of hydrogen-bond donors (Lipinski definition) is 1. The minimum atomic E-state index is -0.857. The van der Waals surface area contributed by atoms with E-state index >= 15 is 0 Å². The number of aliphatic hydroxyl groups is 1. The van der Waals surface area contributed by atoms with E-state index in [4.69, 9.17) is 35.7 Å². The zero-order valence-electron chi connectivity index (χ0n) is 20.8. The van der Waals surface area contributed by atoms with Gasteiger partial charge in [0.1, 0.15) is 12.4 Å². The van der Waals surface area contributed by atoms with Crippen molar-refractivity contribution in [2.24, 2.45) is 5.92 Å². The van der Waals surface area contributed by atoms with Gasteiger partial charge in [-0.05, 0) is 54.3 Å². The van der Waals surface area contributed by atoms with Gasteiger partial charge < -0.3 is 24.1 Å². The number of rotatable bonds is 9. The summed E-state index contributed by atoms with van der Waals surface area (Å²) >= 11 is 6.62. The van der Waals surface area contributed by atoms with Crippen molar-refractivity contribution in [3.8, 4) is 5.75 Å². The molecule has 190 valence electrons. The number of aliphatic hydroxyl groups excluding tert-OH is 1. The number of benzene rings is 3. The third-order valence-electron chi connectivity index (χ3n) is 7.45. The first-order valence-electron chi connectivity index (χ1n) is 12.5. The highest BCUT2D eigenvalue weighted by molar-refractivity contribution is 6.31. The van der Waals surface area contributed by atoms with Gasteiger partial charge in [-0.1, -0.05) is 67.1 Å². The van der Waals surface area contributed by atoms with Crippen LogP contribution < -0.4 is 4.74 Å². The van der Waals surface area contributed by atoms with E-state index in [1.54, 1.807) is 0 Å². The minimum absolute atomic E-state index is 0.00273. The van der Waals surface area contributed by atoms with Crippen LogP contribution in [0.1, 0.15) is 42.5 Å². The molecule has 5 nitrogen and oxygen atoms in total. The molecule has 2 aliphatic heterocycles. The molecule has 6 heteroatoms. The molecule has 0 aromatic heterocycles. The van der Waals surface area contributed by atoms with Crippen LogP contribution >= 0.6 is 11.6 Å². The summed E-state index contributed by atoms with van der Waals surface area (Å²) in [6.45, 7) is 5.66. The van der Waals surface area contributed by atoms with E-state index in [1.807, 2.05) is 54.6 Å². The topological polar surface area (TPSA) is 57.2 Å². The van der Waals surface area contributed by atoms with Crippen LogP contribution in [0.5, 0.6) is 5.75 Å². The van der Waals surface area contributed by atoms with Gasteiger partial charge in [0.05, 0.1) is 31.5 Å². The van der Waals surface area contributed by atoms with Crippen LogP contribution in [0.25, 0.3) is 0 Å². The third kappa shape index (κ3) is 5.17. The van der Waals surface area contributed by atoms with E-state index in [9.17, 15) is 0 Å². The second-order valence-corrected chi connectivity index (χ2v) is 10.4. The number of hydrogen-bond acceptors (Lipinski definition) is 5. The first-order chi connectivity index (χ1) is 17.4. The average Bonchev–Trinajstić information content (AvgIpc) is 3.21. The maximum Gasteiger partial charge on any atom is 0.198 e. The molecule has 5 rings (SSSR count). The Balaban J connectivity index is 1.36. The van der Waals surface area contributed by atoms with Crippen molar-refractivity contribution in [2.75, 3.05) is 19.8 Å². The standard InChI is InChI=1S/C30H33ClO5/c1-21-28(34-19-23-6-4-3-5-7-23)18-30(35-20-29(21,2)36-30)25-10-13-27(31)24(17-25)16-22-8-11-26(12-9-22)33-15-14-32/h3-13,17,21,28,32H,14-16,18-20H2,1-2H3/t21-,28?,29-,30+/m0/s1. The zero-order valence-corrected chi connectivity index (χ0v) is 21.5. The summed E-state index contributed by atoms with van der Waals surface area (Å²) in [6, 6.07) is 24.2. The predicted octanol–water partition coefficient (Wildman–Crippen LogP) is 5.89. The van der Waals surface area contributed by atoms with E-state index < -0.39 is 11.4 Å². The lowest BCUT2D eigenvalue weighted by Crippen LogP contribution is -2.51. The highest BCUT2D eigenvalue weighted by Crippen LogP contribution is 2.52. The van der Waals surface area contributed by atoms with Crippen LogP contribution in [0.2, 0.25) is 5.02 Å². The van der Waals surface area contributed by atoms with Gasteiger partial charge in [0, 0.05) is 22.9 Å². The number of halogens is 1. The molecule has 2 saturated heterocycles. The lowest BCUT2D eigenvalue weighted by molar-refractivity contribution is -0.264. The molecule has 3 aromatic rings. The fraction of sp³-hybridized carbons (Fsp3) is 0.400. The van der Waals surface area contributed by atoms with Crippen LogP contribution in [0.15, 0.2) is 72.8 Å². The van der Waals surface area contributed by atoms with Gasteiger partial charge in [-0.2, -0.15) is 0 Å². The van der Waals surface area contributed by atoms with Gasteiger partial charge in [-0.25, -0.2) is 0 Å². The smallest absolute Gasteiger partial charge is 0.198 e. The molecule has 2 fully saturated rings. The fourth-order valence-electron chi connectivity index (χ4n) is 5.13. The number of ether oxygens (including phenoxy) is 4. The molecular formula is C30H33ClO5. The normalized spacial score (nSPS) is 27.2. The van der Waals surface area contributed by atoms with Crippen molar-refractivity contribution in [1.82, 2.24) is 0 Å². The Labute approximate surface area is 217 Å². The summed E-state index contributed by atoms with van der Waals surface area (Å²) in [5, 5.41) is 9.65. The zero-order chi connectivity index (χ0) is 25.2. The molecule has 36 heavy (non-hydrogen) atoms. The Bertz CT molecular complexity index is 1170. The molecule has 4 atom stereocenters. The molecule has 2 bridgehead atoms. The van der Waals surface area contributed by atoms with E-state index in [1.165, 1.54) is 0 Å².